The van der Waals surface area contributed by atoms with E-state index in [1.54, 1.807) is 0 Å². The van der Waals surface area contributed by atoms with Gasteiger partial charge in [0.15, 0.2) is 0 Å². The van der Waals surface area contributed by atoms with Crippen molar-refractivity contribution in [2.45, 2.75) is 32.4 Å². The zero-order valence-electron chi connectivity index (χ0n) is 11.5. The first-order valence-electron chi connectivity index (χ1n) is 6.68. The van der Waals surface area contributed by atoms with Crippen LogP contribution in [0.1, 0.15) is 16.9 Å². The third kappa shape index (κ3) is 2.13. The smallest absolute Gasteiger partial charge is 0.333 e. The minimum atomic E-state index is -1.30. The van der Waals surface area contributed by atoms with Crippen molar-refractivity contribution in [1.29, 1.82) is 0 Å². The fraction of sp³-hybridized carbons (Fsp3) is 0.385. The monoisotopic (exact) mass is 323 g/mol. The summed E-state index contributed by atoms with van der Waals surface area (Å²) in [7, 11) is 0. The average Bonchev–Trinajstić information content (AvgIpc) is 2.99. The predicted molar refractivity (Wildman–Crippen MR) is 79.2 cm³/mol. The van der Waals surface area contributed by atoms with Crippen molar-refractivity contribution >= 4 is 33.4 Å². The largest absolute Gasteiger partial charge is 0.480 e. The lowest BCUT2D eigenvalue weighted by atomic mass is 10.2. The summed E-state index contributed by atoms with van der Waals surface area (Å²) >= 11 is 1.31. The van der Waals surface area contributed by atoms with Gasteiger partial charge in [0, 0.05) is 4.88 Å². The molecule has 8 nitrogen and oxygen atoms in total. The van der Waals surface area contributed by atoms with E-state index in [9.17, 15) is 19.2 Å². The minimum absolute atomic E-state index is 0.347. The van der Waals surface area contributed by atoms with E-state index in [1.807, 2.05) is 0 Å². The van der Waals surface area contributed by atoms with E-state index in [0.717, 1.165) is 27.8 Å². The number of thiophene rings is 1. The van der Waals surface area contributed by atoms with Gasteiger partial charge in [-0.3, -0.25) is 19.0 Å². The first kappa shape index (κ1) is 14.5. The number of aromatic nitrogens is 2. The lowest BCUT2D eigenvalue weighted by molar-refractivity contribution is -0.137. The summed E-state index contributed by atoms with van der Waals surface area (Å²) in [5.74, 6) is -2.02. The highest BCUT2D eigenvalue weighted by molar-refractivity contribution is 7.19. The number of hydrogen-bond donors (Lipinski definition) is 2. The number of nitrogens with two attached hydrogens (primary N) is 1. The van der Waals surface area contributed by atoms with Crippen molar-refractivity contribution in [3.05, 3.63) is 31.3 Å². The molecule has 0 aliphatic heterocycles. The highest BCUT2D eigenvalue weighted by Crippen LogP contribution is 2.34. The van der Waals surface area contributed by atoms with Crippen LogP contribution in [-0.2, 0) is 35.5 Å². The topological polar surface area (TPSA) is 124 Å². The Kier molecular flexibility index (Phi) is 3.36. The molecule has 1 amide bonds. The number of aliphatic carboxylic acids is 1. The highest BCUT2D eigenvalue weighted by atomic mass is 32.1. The number of amides is 1. The standard InChI is InChI=1S/C13H13N3O5S/c14-8(17)4-16-12-10(6-2-1-3-7(6)22-12)11(20)15(13(16)21)5-9(18)19/h1-5H2,(H2,14,17)(H,18,19). The maximum absolute atomic E-state index is 12.5. The van der Waals surface area contributed by atoms with Crippen molar-refractivity contribution in [2.75, 3.05) is 0 Å². The van der Waals surface area contributed by atoms with E-state index in [2.05, 4.69) is 0 Å². The van der Waals surface area contributed by atoms with Gasteiger partial charge < -0.3 is 10.8 Å². The highest BCUT2D eigenvalue weighted by Gasteiger charge is 2.25. The second kappa shape index (κ2) is 5.09. The van der Waals surface area contributed by atoms with Crippen LogP contribution in [0.4, 0.5) is 0 Å². The van der Waals surface area contributed by atoms with Crippen molar-refractivity contribution < 1.29 is 14.7 Å². The molecule has 3 rings (SSSR count). The number of aryl methyl sites for hydroxylation is 2. The van der Waals surface area contributed by atoms with E-state index in [-0.39, 0.29) is 6.54 Å². The lowest BCUT2D eigenvalue weighted by Crippen LogP contribution is -2.43. The first-order chi connectivity index (χ1) is 10.4. The van der Waals surface area contributed by atoms with Crippen LogP contribution in [0.2, 0.25) is 0 Å². The molecule has 1 aliphatic carbocycles. The van der Waals surface area contributed by atoms with Crippen LogP contribution in [0.5, 0.6) is 0 Å². The van der Waals surface area contributed by atoms with Crippen molar-refractivity contribution in [2.24, 2.45) is 5.73 Å². The molecular formula is C13H13N3O5S. The number of hydrogen-bond acceptors (Lipinski definition) is 5. The van der Waals surface area contributed by atoms with Gasteiger partial charge in [-0.1, -0.05) is 0 Å². The summed E-state index contributed by atoms with van der Waals surface area (Å²) in [6.07, 6.45) is 2.45. The quantitative estimate of drug-likeness (QED) is 0.768. The molecule has 2 heterocycles. The van der Waals surface area contributed by atoms with Crippen LogP contribution in [0, 0.1) is 0 Å². The van der Waals surface area contributed by atoms with E-state index in [1.165, 1.54) is 11.3 Å². The Morgan fingerprint density at radius 3 is 2.55 bits per heavy atom. The summed E-state index contributed by atoms with van der Waals surface area (Å²) < 4.78 is 1.75. The van der Waals surface area contributed by atoms with Gasteiger partial charge in [0.25, 0.3) is 5.56 Å². The molecule has 0 fully saturated rings. The Balaban J connectivity index is 2.41. The van der Waals surface area contributed by atoms with Crippen molar-refractivity contribution in [3.8, 4) is 0 Å². The second-order valence-corrected chi connectivity index (χ2v) is 6.24. The Bertz CT molecular complexity index is 920. The third-order valence-corrected chi connectivity index (χ3v) is 4.99. The summed E-state index contributed by atoms with van der Waals surface area (Å²) in [5.41, 5.74) is 4.60. The zero-order valence-corrected chi connectivity index (χ0v) is 12.3. The molecule has 2 aromatic heterocycles. The van der Waals surface area contributed by atoms with E-state index >= 15 is 0 Å². The molecule has 0 aromatic carbocycles. The number of carbonyl (C=O) groups is 2. The summed E-state index contributed by atoms with van der Waals surface area (Å²) in [6.45, 7) is -1.12. The SMILES string of the molecule is NC(=O)Cn1c(=O)n(CC(=O)O)c(=O)c2c3c(sc21)CCC3. The predicted octanol–water partition coefficient (Wildman–Crippen LogP) is -0.717. The molecule has 0 spiro atoms. The van der Waals surface area contributed by atoms with Crippen LogP contribution in [0.25, 0.3) is 10.2 Å². The molecule has 0 saturated carbocycles. The molecule has 0 unspecified atom stereocenters. The van der Waals surface area contributed by atoms with Gasteiger partial charge in [-0.15, -0.1) is 11.3 Å². The molecule has 9 heteroatoms. The molecule has 0 saturated heterocycles. The first-order valence-corrected chi connectivity index (χ1v) is 7.49. The zero-order chi connectivity index (χ0) is 16.0. The Labute approximate surface area is 127 Å². The van der Waals surface area contributed by atoms with Gasteiger partial charge >= 0.3 is 11.7 Å². The Morgan fingerprint density at radius 1 is 1.18 bits per heavy atom. The van der Waals surface area contributed by atoms with Gasteiger partial charge in [0.1, 0.15) is 17.9 Å². The van der Waals surface area contributed by atoms with Crippen molar-refractivity contribution in [3.63, 3.8) is 0 Å². The average molecular weight is 323 g/mol. The summed E-state index contributed by atoms with van der Waals surface area (Å²) in [6, 6.07) is 0. The molecule has 22 heavy (non-hydrogen) atoms. The molecule has 0 bridgehead atoms. The maximum Gasteiger partial charge on any atom is 0.333 e. The number of carboxylic acids is 1. The van der Waals surface area contributed by atoms with Gasteiger partial charge in [0.05, 0.1) is 5.39 Å². The second-order valence-electron chi connectivity index (χ2n) is 5.16. The fourth-order valence-corrected chi connectivity index (χ4v) is 4.20. The van der Waals surface area contributed by atoms with Gasteiger partial charge in [-0.2, -0.15) is 0 Å². The van der Waals surface area contributed by atoms with E-state index in [4.69, 9.17) is 10.8 Å². The number of carboxylic acid groups (broad SMARTS) is 1. The summed E-state index contributed by atoms with van der Waals surface area (Å²) in [4.78, 5) is 48.4. The van der Waals surface area contributed by atoms with E-state index < -0.39 is 29.7 Å². The maximum atomic E-state index is 12.5. The molecule has 2 aromatic rings. The molecular weight excluding hydrogens is 310 g/mol. The number of primary amides is 1. The molecule has 3 N–H and O–H groups in total. The van der Waals surface area contributed by atoms with Crippen LogP contribution in [-0.4, -0.2) is 26.1 Å². The number of rotatable bonds is 4. The molecule has 1 aliphatic rings. The van der Waals surface area contributed by atoms with E-state index in [0.29, 0.717) is 21.2 Å². The van der Waals surface area contributed by atoms with Crippen molar-refractivity contribution in [1.82, 2.24) is 9.13 Å². The Hall–Kier alpha value is -2.42. The number of carbonyl (C=O) groups excluding carboxylic acids is 1. The molecule has 0 atom stereocenters. The molecule has 116 valence electrons. The van der Waals surface area contributed by atoms with Crippen LogP contribution in [0.3, 0.4) is 0 Å². The minimum Gasteiger partial charge on any atom is -0.480 e. The van der Waals surface area contributed by atoms with Crippen LogP contribution in [0.15, 0.2) is 9.59 Å². The van der Waals surface area contributed by atoms with Gasteiger partial charge in [-0.05, 0) is 24.8 Å². The normalized spacial score (nSPS) is 13.5. The fourth-order valence-electron chi connectivity index (χ4n) is 2.82. The summed E-state index contributed by atoms with van der Waals surface area (Å²) in [5, 5.41) is 9.25. The van der Waals surface area contributed by atoms with Crippen LogP contribution < -0.4 is 17.0 Å². The van der Waals surface area contributed by atoms with Gasteiger partial charge in [-0.25, -0.2) is 9.36 Å². The lowest BCUT2D eigenvalue weighted by Gasteiger charge is -2.09. The Morgan fingerprint density at radius 2 is 1.91 bits per heavy atom. The number of fused-ring (bicyclic) bond motifs is 3. The number of nitrogens with zero attached hydrogens (tertiary/aromatic N) is 2. The molecule has 0 radical (unpaired) electrons. The third-order valence-electron chi connectivity index (χ3n) is 3.68. The van der Waals surface area contributed by atoms with Crippen LogP contribution >= 0.6 is 11.3 Å². The van der Waals surface area contributed by atoms with Gasteiger partial charge in [0.2, 0.25) is 5.91 Å².